The zero-order valence-corrected chi connectivity index (χ0v) is 13.5. The first-order chi connectivity index (χ1) is 12.6. The first-order valence-electron chi connectivity index (χ1n) is 7.69. The van der Waals surface area contributed by atoms with Crippen LogP contribution in [0.3, 0.4) is 0 Å². The molecule has 0 unspecified atom stereocenters. The fourth-order valence-corrected chi connectivity index (χ4v) is 2.27. The highest BCUT2D eigenvalue weighted by Gasteiger charge is 2.38. The van der Waals surface area contributed by atoms with E-state index >= 15 is 0 Å². The Kier molecular flexibility index (Phi) is 4.93. The Balaban J connectivity index is 1.47. The summed E-state index contributed by atoms with van der Waals surface area (Å²) in [4.78, 5) is 52.4. The van der Waals surface area contributed by atoms with Crippen LogP contribution in [0.2, 0.25) is 0 Å². The van der Waals surface area contributed by atoms with Crippen molar-refractivity contribution in [3.05, 3.63) is 65.7 Å². The minimum Gasteiger partial charge on any atom is -0.484 e. The number of nitrogens with zero attached hydrogens (tertiary/aromatic N) is 1. The molecule has 3 rings (SSSR count). The van der Waals surface area contributed by atoms with E-state index < -0.39 is 30.2 Å². The Morgan fingerprint density at radius 1 is 0.885 bits per heavy atom. The summed E-state index contributed by atoms with van der Waals surface area (Å²) in [6, 6.07) is 14.8. The van der Waals surface area contributed by atoms with Crippen molar-refractivity contribution in [3.63, 3.8) is 0 Å². The Bertz CT molecular complexity index is 830. The van der Waals surface area contributed by atoms with Crippen molar-refractivity contribution in [2.24, 2.45) is 0 Å². The van der Waals surface area contributed by atoms with Crippen molar-refractivity contribution in [1.82, 2.24) is 10.4 Å². The van der Waals surface area contributed by atoms with Crippen LogP contribution >= 0.6 is 0 Å². The fraction of sp³-hybridized carbons (Fsp3) is 0.111. The molecular formula is C18H14N2O6. The predicted octanol–water partition coefficient (Wildman–Crippen LogP) is 0.936. The number of hydroxylamine groups is 2. The molecule has 26 heavy (non-hydrogen) atoms. The predicted molar refractivity (Wildman–Crippen MR) is 88.0 cm³/mol. The summed E-state index contributed by atoms with van der Waals surface area (Å²) in [5.41, 5.74) is 0.316. The third-order valence-corrected chi connectivity index (χ3v) is 3.49. The van der Waals surface area contributed by atoms with Gasteiger partial charge in [0, 0.05) is 0 Å². The van der Waals surface area contributed by atoms with Crippen molar-refractivity contribution in [1.29, 1.82) is 0 Å². The van der Waals surface area contributed by atoms with E-state index in [1.165, 1.54) is 12.1 Å². The number of benzene rings is 2. The van der Waals surface area contributed by atoms with Crippen LogP contribution in [0.25, 0.3) is 0 Å². The fourth-order valence-electron chi connectivity index (χ4n) is 2.27. The smallest absolute Gasteiger partial charge is 0.352 e. The van der Waals surface area contributed by atoms with Crippen molar-refractivity contribution >= 4 is 23.7 Å². The number of rotatable bonds is 6. The number of imide groups is 1. The molecule has 2 aromatic rings. The monoisotopic (exact) mass is 354 g/mol. The van der Waals surface area contributed by atoms with Crippen molar-refractivity contribution in [3.8, 4) is 5.75 Å². The van der Waals surface area contributed by atoms with E-state index in [0.717, 1.165) is 0 Å². The maximum Gasteiger partial charge on any atom is 0.352 e. The maximum absolute atomic E-state index is 12.1. The highest BCUT2D eigenvalue weighted by Crippen LogP contribution is 2.22. The lowest BCUT2D eigenvalue weighted by Crippen LogP contribution is -2.39. The van der Waals surface area contributed by atoms with Gasteiger partial charge in [0.05, 0.1) is 11.1 Å². The van der Waals surface area contributed by atoms with Crippen LogP contribution in [0, 0.1) is 0 Å². The summed E-state index contributed by atoms with van der Waals surface area (Å²) >= 11 is 0. The molecule has 132 valence electrons. The van der Waals surface area contributed by atoms with Crippen molar-refractivity contribution < 1.29 is 28.8 Å². The normalized spacial score (nSPS) is 12.5. The minimum absolute atomic E-state index is 0.158. The molecule has 0 atom stereocenters. The van der Waals surface area contributed by atoms with Crippen LogP contribution in [-0.2, 0) is 14.4 Å². The summed E-state index contributed by atoms with van der Waals surface area (Å²) in [7, 11) is 0. The molecule has 0 bridgehead atoms. The molecule has 2 aromatic carbocycles. The molecule has 0 aromatic heterocycles. The number of ether oxygens (including phenoxy) is 1. The molecule has 1 aliphatic heterocycles. The summed E-state index contributed by atoms with van der Waals surface area (Å²) in [6.07, 6.45) is 0. The number of hydrogen-bond donors (Lipinski definition) is 1. The van der Waals surface area contributed by atoms with Gasteiger partial charge < -0.3 is 14.9 Å². The zero-order valence-electron chi connectivity index (χ0n) is 13.5. The molecule has 0 saturated heterocycles. The second-order valence-electron chi connectivity index (χ2n) is 5.29. The molecule has 3 amide bonds. The van der Waals surface area contributed by atoms with Crippen molar-refractivity contribution in [2.75, 3.05) is 13.2 Å². The molecule has 1 N–H and O–H groups in total. The molecule has 1 heterocycles. The lowest BCUT2D eigenvalue weighted by Gasteiger charge is -2.13. The quantitative estimate of drug-likeness (QED) is 0.775. The number of para-hydroxylation sites is 1. The van der Waals surface area contributed by atoms with E-state index in [4.69, 9.17) is 9.57 Å². The van der Waals surface area contributed by atoms with E-state index in [-0.39, 0.29) is 17.7 Å². The second kappa shape index (κ2) is 7.47. The summed E-state index contributed by atoms with van der Waals surface area (Å²) in [6.45, 7) is -0.797. The number of nitrogens with one attached hydrogen (secondary N) is 1. The molecule has 0 spiro atoms. The molecule has 0 radical (unpaired) electrons. The molecular weight excluding hydrogens is 340 g/mol. The van der Waals surface area contributed by atoms with Gasteiger partial charge in [0.1, 0.15) is 12.3 Å². The Labute approximate surface area is 148 Å². The molecule has 0 fully saturated rings. The molecule has 8 heteroatoms. The topological polar surface area (TPSA) is 102 Å². The maximum atomic E-state index is 12.1. The number of fused-ring (bicyclic) bond motifs is 1. The van der Waals surface area contributed by atoms with E-state index in [9.17, 15) is 19.2 Å². The molecule has 0 saturated carbocycles. The molecule has 0 aliphatic carbocycles. The largest absolute Gasteiger partial charge is 0.484 e. The number of hydrogen-bond acceptors (Lipinski definition) is 6. The van der Waals surface area contributed by atoms with Gasteiger partial charge in [0.25, 0.3) is 17.7 Å². The lowest BCUT2D eigenvalue weighted by molar-refractivity contribution is -0.167. The minimum atomic E-state index is -0.951. The van der Waals surface area contributed by atoms with Gasteiger partial charge in [-0.3, -0.25) is 14.4 Å². The Hall–Kier alpha value is -3.68. The van der Waals surface area contributed by atoms with Crippen LogP contribution in [0.1, 0.15) is 20.7 Å². The van der Waals surface area contributed by atoms with Crippen LogP contribution in [0.15, 0.2) is 54.6 Å². The second-order valence-corrected chi connectivity index (χ2v) is 5.29. The van der Waals surface area contributed by atoms with Gasteiger partial charge in [-0.15, -0.1) is 0 Å². The van der Waals surface area contributed by atoms with Crippen LogP contribution in [0.5, 0.6) is 5.75 Å². The first-order valence-corrected chi connectivity index (χ1v) is 7.69. The van der Waals surface area contributed by atoms with Crippen LogP contribution < -0.4 is 10.1 Å². The number of amides is 3. The number of carbonyl (C=O) groups is 4. The molecule has 8 nitrogen and oxygen atoms in total. The van der Waals surface area contributed by atoms with Crippen LogP contribution in [-0.4, -0.2) is 41.9 Å². The SMILES string of the molecule is O=C(COc1ccccc1)NCC(=O)ON1C(=O)c2ccccc2C1=O. The average molecular weight is 354 g/mol. The zero-order chi connectivity index (χ0) is 18.5. The van der Waals surface area contributed by atoms with E-state index in [1.54, 1.807) is 36.4 Å². The first kappa shape index (κ1) is 17.2. The highest BCUT2D eigenvalue weighted by molar-refractivity contribution is 6.20. The molecule has 1 aliphatic rings. The summed E-state index contributed by atoms with van der Waals surface area (Å²) < 4.78 is 5.23. The Morgan fingerprint density at radius 3 is 2.08 bits per heavy atom. The van der Waals surface area contributed by atoms with Gasteiger partial charge in [0.15, 0.2) is 6.61 Å². The average Bonchev–Trinajstić information content (AvgIpc) is 2.91. The van der Waals surface area contributed by atoms with Gasteiger partial charge in [0.2, 0.25) is 0 Å². The lowest BCUT2D eigenvalue weighted by atomic mass is 10.1. The van der Waals surface area contributed by atoms with E-state index in [2.05, 4.69) is 5.32 Å². The summed E-state index contributed by atoms with van der Waals surface area (Å²) in [5.74, 6) is -2.44. The summed E-state index contributed by atoms with van der Waals surface area (Å²) in [5, 5.41) is 2.68. The van der Waals surface area contributed by atoms with Gasteiger partial charge in [-0.05, 0) is 24.3 Å². The van der Waals surface area contributed by atoms with Gasteiger partial charge in [-0.25, -0.2) is 4.79 Å². The standard InChI is InChI=1S/C18H14N2O6/c21-15(11-25-12-6-2-1-3-7-12)19-10-16(22)26-20-17(23)13-8-4-5-9-14(13)18(20)24/h1-9H,10-11H2,(H,19,21). The van der Waals surface area contributed by atoms with E-state index in [0.29, 0.717) is 10.8 Å². The Morgan fingerprint density at radius 2 is 1.46 bits per heavy atom. The van der Waals surface area contributed by atoms with Crippen molar-refractivity contribution in [2.45, 2.75) is 0 Å². The van der Waals surface area contributed by atoms with E-state index in [1.807, 2.05) is 6.07 Å². The van der Waals surface area contributed by atoms with Gasteiger partial charge >= 0.3 is 5.97 Å². The number of carbonyl (C=O) groups excluding carboxylic acids is 4. The van der Waals surface area contributed by atoms with Gasteiger partial charge in [-0.1, -0.05) is 35.4 Å². The highest BCUT2D eigenvalue weighted by atomic mass is 16.7. The van der Waals surface area contributed by atoms with Gasteiger partial charge in [-0.2, -0.15) is 0 Å². The third kappa shape index (κ3) is 3.69. The third-order valence-electron chi connectivity index (χ3n) is 3.49. The van der Waals surface area contributed by atoms with Crippen LogP contribution in [0.4, 0.5) is 0 Å².